The SMILES string of the molecule is C#CCN(S(=O)[O-])S(=O)(=O)NCC=C. The minimum absolute atomic E-state index is 0.0688. The van der Waals surface area contributed by atoms with E-state index in [0.29, 0.717) is 0 Å². The topological polar surface area (TPSA) is 89.5 Å². The van der Waals surface area contributed by atoms with Crippen LogP contribution in [-0.2, 0) is 21.5 Å². The first-order chi connectivity index (χ1) is 6.45. The predicted octanol–water partition coefficient (Wildman–Crippen LogP) is -1.26. The highest BCUT2D eigenvalue weighted by molar-refractivity contribution is 7.98. The lowest BCUT2D eigenvalue weighted by molar-refractivity contribution is 0.474. The summed E-state index contributed by atoms with van der Waals surface area (Å²) in [6.45, 7) is 2.67. The van der Waals surface area contributed by atoms with Gasteiger partial charge in [0.1, 0.15) is 0 Å². The number of nitrogens with zero attached hydrogens (tertiary/aromatic N) is 1. The minimum Gasteiger partial charge on any atom is -0.759 e. The van der Waals surface area contributed by atoms with Crippen molar-refractivity contribution in [3.63, 3.8) is 0 Å². The van der Waals surface area contributed by atoms with Crippen molar-refractivity contribution in [2.75, 3.05) is 13.1 Å². The first-order valence-electron chi connectivity index (χ1n) is 3.36. The van der Waals surface area contributed by atoms with Gasteiger partial charge in [-0.2, -0.15) is 13.1 Å². The number of nitrogens with one attached hydrogen (secondary N) is 1. The zero-order valence-corrected chi connectivity index (χ0v) is 8.81. The Morgan fingerprint density at radius 1 is 1.71 bits per heavy atom. The van der Waals surface area contributed by atoms with Crippen LogP contribution in [0.15, 0.2) is 12.7 Å². The molecule has 0 heterocycles. The van der Waals surface area contributed by atoms with Crippen LogP contribution in [0, 0.1) is 12.3 Å². The fourth-order valence-corrected chi connectivity index (χ4v) is 2.22. The second-order valence-corrected chi connectivity index (χ2v) is 4.81. The van der Waals surface area contributed by atoms with Gasteiger partial charge in [-0.15, -0.1) is 16.7 Å². The summed E-state index contributed by atoms with van der Waals surface area (Å²) in [5.74, 6) is 1.92. The molecule has 0 saturated carbocycles. The third-order valence-corrected chi connectivity index (χ3v) is 3.68. The molecule has 0 fully saturated rings. The first kappa shape index (κ1) is 13.3. The standard InChI is InChI=1S/C6H10N2O4S2/c1-3-5-7-14(11,12)8(6-4-2)13(9)10/h2-3,7H,1,5-6H2,(H,9,10)/p-1. The zero-order chi connectivity index (χ0) is 11.2. The smallest absolute Gasteiger partial charge is 0.291 e. The van der Waals surface area contributed by atoms with Crippen LogP contribution in [0.2, 0.25) is 0 Å². The van der Waals surface area contributed by atoms with Crippen molar-refractivity contribution in [1.29, 1.82) is 0 Å². The third kappa shape index (κ3) is 3.99. The fraction of sp³-hybridized carbons (Fsp3) is 0.333. The molecule has 0 rings (SSSR count). The lowest BCUT2D eigenvalue weighted by Crippen LogP contribution is -2.41. The van der Waals surface area contributed by atoms with Gasteiger partial charge in [-0.3, -0.25) is 4.21 Å². The van der Waals surface area contributed by atoms with Crippen molar-refractivity contribution < 1.29 is 17.2 Å². The maximum Gasteiger partial charge on any atom is 0.291 e. The molecule has 1 atom stereocenters. The molecule has 1 unspecified atom stereocenters. The van der Waals surface area contributed by atoms with E-state index in [1.807, 2.05) is 10.6 Å². The van der Waals surface area contributed by atoms with Crippen molar-refractivity contribution in [1.82, 2.24) is 8.43 Å². The van der Waals surface area contributed by atoms with Crippen molar-refractivity contribution in [3.8, 4) is 12.3 Å². The van der Waals surface area contributed by atoms with Gasteiger partial charge in [-0.1, -0.05) is 12.0 Å². The van der Waals surface area contributed by atoms with Gasteiger partial charge in [-0.25, -0.2) is 0 Å². The van der Waals surface area contributed by atoms with Crippen molar-refractivity contribution in [2.45, 2.75) is 0 Å². The predicted molar refractivity (Wildman–Crippen MR) is 51.6 cm³/mol. The summed E-state index contributed by atoms with van der Waals surface area (Å²) in [5.41, 5.74) is 0. The number of hydrogen-bond acceptors (Lipinski definition) is 4. The van der Waals surface area contributed by atoms with Gasteiger partial charge >= 0.3 is 0 Å². The first-order valence-corrected chi connectivity index (χ1v) is 5.84. The summed E-state index contributed by atoms with van der Waals surface area (Å²) in [6.07, 6.45) is 6.09. The normalized spacial score (nSPS) is 13.5. The molecule has 0 aromatic heterocycles. The van der Waals surface area contributed by atoms with Crippen LogP contribution in [0.3, 0.4) is 0 Å². The van der Waals surface area contributed by atoms with Crippen LogP contribution in [0.1, 0.15) is 0 Å². The molecule has 14 heavy (non-hydrogen) atoms. The molecular formula is C6H9N2O4S2-. The highest BCUT2D eigenvalue weighted by Crippen LogP contribution is 1.99. The van der Waals surface area contributed by atoms with Crippen LogP contribution in [0.5, 0.6) is 0 Å². The molecule has 0 radical (unpaired) electrons. The molecule has 0 aliphatic carbocycles. The summed E-state index contributed by atoms with van der Waals surface area (Å²) in [5, 5.41) is 0. The van der Waals surface area contributed by atoms with E-state index in [-0.39, 0.29) is 10.3 Å². The molecule has 0 bridgehead atoms. The van der Waals surface area contributed by atoms with E-state index in [0.717, 1.165) is 0 Å². The molecule has 0 aliphatic rings. The van der Waals surface area contributed by atoms with Crippen LogP contribution < -0.4 is 4.72 Å². The van der Waals surface area contributed by atoms with E-state index >= 15 is 0 Å². The highest BCUT2D eigenvalue weighted by Gasteiger charge is 2.20. The third-order valence-electron chi connectivity index (χ3n) is 1.06. The quantitative estimate of drug-likeness (QED) is 0.354. The Labute approximate surface area is 85.6 Å². The summed E-state index contributed by atoms with van der Waals surface area (Å²) >= 11 is -2.92. The van der Waals surface area contributed by atoms with E-state index in [9.17, 15) is 17.2 Å². The molecule has 0 spiro atoms. The minimum atomic E-state index is -4.09. The second-order valence-electron chi connectivity index (χ2n) is 2.02. The number of hydrogen-bond donors (Lipinski definition) is 1. The Morgan fingerprint density at radius 3 is 2.64 bits per heavy atom. The molecule has 1 N–H and O–H groups in total. The van der Waals surface area contributed by atoms with E-state index < -0.39 is 28.0 Å². The maximum atomic E-state index is 11.2. The molecule has 0 aromatic carbocycles. The Bertz CT molecular complexity index is 357. The van der Waals surface area contributed by atoms with Crippen LogP contribution >= 0.6 is 0 Å². The van der Waals surface area contributed by atoms with E-state index in [1.54, 1.807) is 0 Å². The highest BCUT2D eigenvalue weighted by atomic mass is 32.3. The Kier molecular flexibility index (Phi) is 5.59. The van der Waals surface area contributed by atoms with E-state index in [4.69, 9.17) is 6.42 Å². The molecule has 0 saturated heterocycles. The lowest BCUT2D eigenvalue weighted by atomic mass is 10.7. The molecule has 0 aliphatic heterocycles. The largest absolute Gasteiger partial charge is 0.759 e. The van der Waals surface area contributed by atoms with Crippen molar-refractivity contribution in [3.05, 3.63) is 12.7 Å². The summed E-state index contributed by atoms with van der Waals surface area (Å²) in [6, 6.07) is 0. The maximum absolute atomic E-state index is 11.2. The average molecular weight is 237 g/mol. The molecule has 8 heteroatoms. The molecular weight excluding hydrogens is 228 g/mol. The second kappa shape index (κ2) is 5.90. The lowest BCUT2D eigenvalue weighted by Gasteiger charge is -2.21. The van der Waals surface area contributed by atoms with Gasteiger partial charge in [0.05, 0.1) is 6.54 Å². The van der Waals surface area contributed by atoms with Crippen molar-refractivity contribution in [2.24, 2.45) is 0 Å². The monoisotopic (exact) mass is 237 g/mol. The van der Waals surface area contributed by atoms with Gasteiger partial charge in [0.2, 0.25) is 0 Å². The van der Waals surface area contributed by atoms with E-state index in [1.165, 1.54) is 6.08 Å². The van der Waals surface area contributed by atoms with Crippen LogP contribution in [-0.4, -0.2) is 34.0 Å². The summed E-state index contributed by atoms with van der Waals surface area (Å²) in [4.78, 5) is 0. The van der Waals surface area contributed by atoms with Crippen molar-refractivity contribution >= 4 is 21.5 Å². The number of terminal acetylenes is 1. The Morgan fingerprint density at radius 2 is 2.29 bits per heavy atom. The summed E-state index contributed by atoms with van der Waals surface area (Å²) in [7, 11) is -4.09. The van der Waals surface area contributed by atoms with Gasteiger partial charge in [0.25, 0.3) is 10.2 Å². The molecule has 0 amide bonds. The van der Waals surface area contributed by atoms with Crippen LogP contribution in [0.25, 0.3) is 0 Å². The average Bonchev–Trinajstić information content (AvgIpc) is 2.10. The van der Waals surface area contributed by atoms with Gasteiger partial charge in [0, 0.05) is 17.8 Å². The van der Waals surface area contributed by atoms with Gasteiger partial charge in [-0.05, 0) is 0 Å². The van der Waals surface area contributed by atoms with Crippen LogP contribution in [0.4, 0.5) is 0 Å². The molecule has 0 aromatic rings. The van der Waals surface area contributed by atoms with Gasteiger partial charge < -0.3 is 4.55 Å². The zero-order valence-electron chi connectivity index (χ0n) is 7.17. The van der Waals surface area contributed by atoms with E-state index in [2.05, 4.69) is 6.58 Å². The molecule has 6 nitrogen and oxygen atoms in total. The Balaban J connectivity index is 4.73. The Hall–Kier alpha value is -0.720. The molecule has 80 valence electrons. The summed E-state index contributed by atoms with van der Waals surface area (Å²) < 4.78 is 45.5. The fourth-order valence-electron chi connectivity index (χ4n) is 0.529. The number of rotatable bonds is 6. The van der Waals surface area contributed by atoms with Gasteiger partial charge in [0.15, 0.2) is 0 Å².